The van der Waals surface area contributed by atoms with Crippen molar-refractivity contribution in [2.24, 2.45) is 0 Å². The summed E-state index contributed by atoms with van der Waals surface area (Å²) in [7, 11) is -2.26. The van der Waals surface area contributed by atoms with Gasteiger partial charge in [-0.2, -0.15) is 0 Å². The monoisotopic (exact) mass is 451 g/mol. The lowest BCUT2D eigenvalue weighted by molar-refractivity contribution is -0.139. The van der Waals surface area contributed by atoms with Gasteiger partial charge in [0.05, 0.1) is 11.9 Å². The van der Waals surface area contributed by atoms with E-state index in [-0.39, 0.29) is 12.5 Å². The average Bonchev–Trinajstić information content (AvgIpc) is 2.70. The van der Waals surface area contributed by atoms with Gasteiger partial charge in [-0.25, -0.2) is 8.42 Å². The number of sulfonamides is 1. The lowest BCUT2D eigenvalue weighted by Gasteiger charge is -2.31. The summed E-state index contributed by atoms with van der Waals surface area (Å²) in [5.41, 5.74) is 2.16. The maximum absolute atomic E-state index is 13.2. The van der Waals surface area contributed by atoms with Crippen LogP contribution in [-0.2, 0) is 26.2 Å². The Labute approximate surface area is 182 Å². The first-order chi connectivity index (χ1) is 14.0. The number of carbonyl (C=O) groups is 2. The lowest BCUT2D eigenvalue weighted by atomic mass is 10.1. The van der Waals surface area contributed by atoms with E-state index < -0.39 is 28.5 Å². The van der Waals surface area contributed by atoms with Gasteiger partial charge in [0.25, 0.3) is 0 Å². The largest absolute Gasteiger partial charge is 0.357 e. The Morgan fingerprint density at radius 2 is 1.70 bits per heavy atom. The maximum Gasteiger partial charge on any atom is 0.244 e. The highest BCUT2D eigenvalue weighted by molar-refractivity contribution is 7.92. The normalized spacial score (nSPS) is 12.2. The quantitative estimate of drug-likeness (QED) is 0.668. The average molecular weight is 452 g/mol. The van der Waals surface area contributed by atoms with E-state index in [1.807, 2.05) is 31.2 Å². The molecule has 0 bridgehead atoms. The molecule has 1 N–H and O–H groups in total. The molecule has 2 amide bonds. The number of aryl methyl sites for hydroxylation is 1. The van der Waals surface area contributed by atoms with Gasteiger partial charge >= 0.3 is 0 Å². The Balaban J connectivity index is 2.38. The molecule has 162 valence electrons. The molecule has 0 spiro atoms. The van der Waals surface area contributed by atoms with E-state index in [2.05, 4.69) is 5.32 Å². The van der Waals surface area contributed by atoms with Crippen molar-refractivity contribution in [3.8, 4) is 0 Å². The third-order valence-corrected chi connectivity index (χ3v) is 6.20. The summed E-state index contributed by atoms with van der Waals surface area (Å²) in [6.45, 7) is 3.27. The first-order valence-electron chi connectivity index (χ1n) is 9.33. The van der Waals surface area contributed by atoms with E-state index >= 15 is 0 Å². The van der Waals surface area contributed by atoms with Gasteiger partial charge in [-0.1, -0.05) is 35.9 Å². The maximum atomic E-state index is 13.2. The highest BCUT2D eigenvalue weighted by atomic mass is 35.5. The van der Waals surface area contributed by atoms with Crippen molar-refractivity contribution in [3.05, 3.63) is 64.7 Å². The third-order valence-electron chi connectivity index (χ3n) is 4.81. The number of benzene rings is 2. The highest BCUT2D eigenvalue weighted by Gasteiger charge is 2.29. The summed E-state index contributed by atoms with van der Waals surface area (Å²) >= 11 is 5.90. The van der Waals surface area contributed by atoms with Gasteiger partial charge in [0.2, 0.25) is 21.8 Å². The fourth-order valence-corrected chi connectivity index (χ4v) is 3.96. The molecule has 1 atom stereocenters. The molecule has 0 aliphatic heterocycles. The SMILES string of the molecule is CNC(=O)[C@H](C)N(Cc1ccccc1C)C(=O)CN(c1ccc(Cl)cc1)S(C)(=O)=O. The van der Waals surface area contributed by atoms with Crippen molar-refractivity contribution >= 4 is 39.1 Å². The molecule has 0 heterocycles. The number of nitrogens with zero attached hydrogens (tertiary/aromatic N) is 2. The van der Waals surface area contributed by atoms with Crippen LogP contribution in [-0.4, -0.2) is 51.0 Å². The fourth-order valence-electron chi connectivity index (χ4n) is 2.98. The molecule has 2 rings (SSSR count). The van der Waals surface area contributed by atoms with Crippen LogP contribution in [0.1, 0.15) is 18.1 Å². The molecule has 0 saturated carbocycles. The summed E-state index contributed by atoms with van der Waals surface area (Å²) in [4.78, 5) is 26.9. The molecule has 2 aromatic rings. The van der Waals surface area contributed by atoms with Gasteiger partial charge in [0.1, 0.15) is 12.6 Å². The first-order valence-corrected chi connectivity index (χ1v) is 11.6. The Bertz CT molecular complexity index is 1010. The van der Waals surface area contributed by atoms with E-state index in [1.165, 1.54) is 24.1 Å². The number of likely N-dealkylation sites (N-methyl/N-ethyl adjacent to an activating group) is 1. The first kappa shape index (κ1) is 23.7. The molecule has 0 aliphatic carbocycles. The number of hydrogen-bond acceptors (Lipinski definition) is 4. The van der Waals surface area contributed by atoms with E-state index in [4.69, 9.17) is 11.6 Å². The van der Waals surface area contributed by atoms with E-state index in [0.29, 0.717) is 10.7 Å². The van der Waals surface area contributed by atoms with Crippen LogP contribution in [0.4, 0.5) is 5.69 Å². The number of amides is 2. The molecule has 0 unspecified atom stereocenters. The zero-order chi connectivity index (χ0) is 22.5. The Kier molecular flexibility index (Phi) is 7.86. The van der Waals surface area contributed by atoms with Crippen LogP contribution in [0.2, 0.25) is 5.02 Å². The number of anilines is 1. The molecule has 9 heteroatoms. The van der Waals surface area contributed by atoms with Gasteiger partial charge in [-0.15, -0.1) is 0 Å². The number of hydrogen-bond donors (Lipinski definition) is 1. The van der Waals surface area contributed by atoms with Crippen LogP contribution >= 0.6 is 11.6 Å². The Hall–Kier alpha value is -2.58. The zero-order valence-electron chi connectivity index (χ0n) is 17.4. The highest BCUT2D eigenvalue weighted by Crippen LogP contribution is 2.21. The molecular formula is C21H26ClN3O4S. The summed E-state index contributed by atoms with van der Waals surface area (Å²) in [5.74, 6) is -0.830. The molecule has 0 aliphatic rings. The molecule has 2 aromatic carbocycles. The molecule has 0 radical (unpaired) electrons. The second-order valence-electron chi connectivity index (χ2n) is 6.98. The van der Waals surface area contributed by atoms with Gasteiger partial charge < -0.3 is 10.2 Å². The third kappa shape index (κ3) is 5.96. The van der Waals surface area contributed by atoms with E-state index in [0.717, 1.165) is 21.7 Å². The van der Waals surface area contributed by atoms with Crippen molar-refractivity contribution in [1.29, 1.82) is 0 Å². The second kappa shape index (κ2) is 9.95. The van der Waals surface area contributed by atoms with Crippen LogP contribution < -0.4 is 9.62 Å². The standard InChI is InChI=1S/C21H26ClN3O4S/c1-15-7-5-6-8-17(15)13-24(16(2)21(27)23-3)20(26)14-25(30(4,28)29)19-11-9-18(22)10-12-19/h5-12,16H,13-14H2,1-4H3,(H,23,27)/t16-/m0/s1. The van der Waals surface area contributed by atoms with Gasteiger partial charge in [-0.05, 0) is 49.2 Å². The predicted molar refractivity (Wildman–Crippen MR) is 119 cm³/mol. The molecule has 0 fully saturated rings. The molecular weight excluding hydrogens is 426 g/mol. The van der Waals surface area contributed by atoms with Gasteiger partial charge in [0.15, 0.2) is 0 Å². The predicted octanol–water partition coefficient (Wildman–Crippen LogP) is 2.58. The van der Waals surface area contributed by atoms with Crippen molar-refractivity contribution in [2.45, 2.75) is 26.4 Å². The molecule has 7 nitrogen and oxygen atoms in total. The van der Waals surface area contributed by atoms with E-state index in [9.17, 15) is 18.0 Å². The lowest BCUT2D eigenvalue weighted by Crippen LogP contribution is -2.50. The van der Waals surface area contributed by atoms with Gasteiger partial charge in [-0.3, -0.25) is 13.9 Å². The van der Waals surface area contributed by atoms with Crippen LogP contribution in [0.3, 0.4) is 0 Å². The Morgan fingerprint density at radius 1 is 1.10 bits per heavy atom. The van der Waals surface area contributed by atoms with Crippen LogP contribution in [0, 0.1) is 6.92 Å². The number of nitrogens with one attached hydrogen (secondary N) is 1. The minimum Gasteiger partial charge on any atom is -0.357 e. The summed E-state index contributed by atoms with van der Waals surface area (Å²) in [6.07, 6.45) is 1.03. The van der Waals surface area contributed by atoms with Crippen LogP contribution in [0.5, 0.6) is 0 Å². The van der Waals surface area contributed by atoms with Crippen molar-refractivity contribution in [1.82, 2.24) is 10.2 Å². The van der Waals surface area contributed by atoms with E-state index in [1.54, 1.807) is 19.1 Å². The molecule has 30 heavy (non-hydrogen) atoms. The summed E-state index contributed by atoms with van der Waals surface area (Å²) in [5, 5.41) is 2.99. The zero-order valence-corrected chi connectivity index (χ0v) is 19.0. The minimum absolute atomic E-state index is 0.179. The minimum atomic E-state index is -3.75. The smallest absolute Gasteiger partial charge is 0.244 e. The number of rotatable bonds is 8. The molecule has 0 aromatic heterocycles. The van der Waals surface area contributed by atoms with Crippen molar-refractivity contribution < 1.29 is 18.0 Å². The van der Waals surface area contributed by atoms with Crippen LogP contribution in [0.15, 0.2) is 48.5 Å². The molecule has 0 saturated heterocycles. The van der Waals surface area contributed by atoms with Crippen molar-refractivity contribution in [2.75, 3.05) is 24.2 Å². The van der Waals surface area contributed by atoms with Crippen molar-refractivity contribution in [3.63, 3.8) is 0 Å². The Morgan fingerprint density at radius 3 is 2.23 bits per heavy atom. The van der Waals surface area contributed by atoms with Crippen LogP contribution in [0.25, 0.3) is 0 Å². The second-order valence-corrected chi connectivity index (χ2v) is 9.33. The topological polar surface area (TPSA) is 86.8 Å². The summed E-state index contributed by atoms with van der Waals surface area (Å²) < 4.78 is 25.8. The van der Waals surface area contributed by atoms with Gasteiger partial charge in [0, 0.05) is 18.6 Å². The fraction of sp³-hybridized carbons (Fsp3) is 0.333. The number of carbonyl (C=O) groups excluding carboxylic acids is 2. The summed E-state index contributed by atoms with van der Waals surface area (Å²) in [6, 6.07) is 12.9. The number of halogens is 1.